The summed E-state index contributed by atoms with van der Waals surface area (Å²) in [6.07, 6.45) is 3.84. The Balaban J connectivity index is 1.85. The number of carbonyl (C=O) groups is 2. The number of nitro benzene ring substituents is 1. The molecule has 1 N–H and O–H groups in total. The fourth-order valence-corrected chi connectivity index (χ4v) is 3.33. The molecular weight excluding hydrogens is 326 g/mol. The van der Waals surface area contributed by atoms with Crippen LogP contribution in [-0.2, 0) is 9.59 Å². The Morgan fingerprint density at radius 1 is 1.40 bits per heavy atom. The molecule has 8 nitrogen and oxygen atoms in total. The van der Waals surface area contributed by atoms with Gasteiger partial charge in [0, 0.05) is 18.2 Å². The Morgan fingerprint density at radius 3 is 2.76 bits per heavy atom. The molecule has 0 aromatic heterocycles. The van der Waals surface area contributed by atoms with Crippen LogP contribution in [0.5, 0.6) is 5.75 Å². The van der Waals surface area contributed by atoms with Crippen LogP contribution in [0.3, 0.4) is 0 Å². The number of nitro groups is 1. The lowest BCUT2D eigenvalue weighted by molar-refractivity contribution is -0.384. The number of carbonyl (C=O) groups excluding carboxylic acids is 2. The molecule has 1 fully saturated rings. The van der Waals surface area contributed by atoms with Gasteiger partial charge in [0.15, 0.2) is 6.10 Å². The van der Waals surface area contributed by atoms with E-state index in [0.29, 0.717) is 12.2 Å². The minimum atomic E-state index is -0.687. The highest BCUT2D eigenvalue weighted by atomic mass is 16.6. The Morgan fingerprint density at radius 2 is 2.12 bits per heavy atom. The van der Waals surface area contributed by atoms with Gasteiger partial charge in [-0.25, -0.2) is 0 Å². The smallest absolute Gasteiger partial charge is 0.271 e. The number of hydrogen-bond donors (Lipinski definition) is 1. The zero-order valence-electron chi connectivity index (χ0n) is 14.1. The molecule has 134 valence electrons. The van der Waals surface area contributed by atoms with E-state index in [0.717, 1.165) is 25.7 Å². The predicted octanol–water partition coefficient (Wildman–Crippen LogP) is 2.16. The molecule has 0 spiro atoms. The number of hydrogen-bond acceptors (Lipinski definition) is 5. The van der Waals surface area contributed by atoms with Gasteiger partial charge in [-0.15, -0.1) is 0 Å². The number of non-ortho nitro benzene ring substituents is 1. The summed E-state index contributed by atoms with van der Waals surface area (Å²) in [5.74, 6) is -0.225. The van der Waals surface area contributed by atoms with Crippen molar-refractivity contribution in [2.45, 2.75) is 51.2 Å². The lowest BCUT2D eigenvalue weighted by Gasteiger charge is -2.33. The molecule has 25 heavy (non-hydrogen) atoms. The number of benzene rings is 1. The summed E-state index contributed by atoms with van der Waals surface area (Å²) in [5, 5.41) is 14.0. The van der Waals surface area contributed by atoms with Gasteiger partial charge in [0.1, 0.15) is 12.3 Å². The number of nitrogens with one attached hydrogen (secondary N) is 1. The average molecular weight is 347 g/mol. The van der Waals surface area contributed by atoms with E-state index in [-0.39, 0.29) is 35.8 Å². The van der Waals surface area contributed by atoms with Gasteiger partial charge >= 0.3 is 0 Å². The highest BCUT2D eigenvalue weighted by Crippen LogP contribution is 2.37. The van der Waals surface area contributed by atoms with Crippen molar-refractivity contribution in [1.29, 1.82) is 0 Å². The topological polar surface area (TPSA) is 102 Å². The molecular formula is C17H21N3O5. The van der Waals surface area contributed by atoms with Gasteiger partial charge in [0.25, 0.3) is 11.6 Å². The minimum Gasteiger partial charge on any atom is -0.478 e. The molecule has 0 bridgehead atoms. The summed E-state index contributed by atoms with van der Waals surface area (Å²) in [5.41, 5.74) is 0.122. The molecule has 0 radical (unpaired) electrons. The van der Waals surface area contributed by atoms with E-state index in [1.165, 1.54) is 23.1 Å². The van der Waals surface area contributed by atoms with Crippen LogP contribution >= 0.6 is 0 Å². The summed E-state index contributed by atoms with van der Waals surface area (Å²) < 4.78 is 5.63. The third-order valence-corrected chi connectivity index (χ3v) is 4.65. The fourth-order valence-electron chi connectivity index (χ4n) is 3.33. The maximum absolute atomic E-state index is 12.6. The van der Waals surface area contributed by atoms with Crippen LogP contribution in [0, 0.1) is 10.1 Å². The second-order valence-corrected chi connectivity index (χ2v) is 6.40. The van der Waals surface area contributed by atoms with Crippen LogP contribution in [0.4, 0.5) is 11.4 Å². The van der Waals surface area contributed by atoms with Gasteiger partial charge in [-0.1, -0.05) is 19.8 Å². The van der Waals surface area contributed by atoms with E-state index in [1.54, 1.807) is 0 Å². The second kappa shape index (κ2) is 7.08. The van der Waals surface area contributed by atoms with Crippen LogP contribution in [0.15, 0.2) is 18.2 Å². The SMILES string of the molecule is CCC1Oc2ccc([N+](=O)[O-])cc2N(CC(=O)NC2CCCC2)C1=O. The molecule has 1 aromatic carbocycles. The molecule has 3 rings (SSSR count). The maximum Gasteiger partial charge on any atom is 0.271 e. The molecule has 2 aliphatic rings. The zero-order chi connectivity index (χ0) is 18.0. The van der Waals surface area contributed by atoms with Gasteiger partial charge < -0.3 is 10.1 Å². The second-order valence-electron chi connectivity index (χ2n) is 6.40. The van der Waals surface area contributed by atoms with E-state index >= 15 is 0 Å². The van der Waals surface area contributed by atoms with Gasteiger partial charge in [-0.2, -0.15) is 0 Å². The molecule has 1 aromatic rings. The van der Waals surface area contributed by atoms with Crippen molar-refractivity contribution in [3.05, 3.63) is 28.3 Å². The van der Waals surface area contributed by atoms with Crippen molar-refractivity contribution >= 4 is 23.2 Å². The quantitative estimate of drug-likeness (QED) is 0.649. The van der Waals surface area contributed by atoms with Crippen LogP contribution in [-0.4, -0.2) is 35.4 Å². The van der Waals surface area contributed by atoms with E-state index in [1.807, 2.05) is 6.92 Å². The van der Waals surface area contributed by atoms with Crippen LogP contribution in [0.25, 0.3) is 0 Å². The van der Waals surface area contributed by atoms with Crippen molar-refractivity contribution in [2.75, 3.05) is 11.4 Å². The largest absolute Gasteiger partial charge is 0.478 e. The van der Waals surface area contributed by atoms with Crippen molar-refractivity contribution in [2.24, 2.45) is 0 Å². The number of amides is 2. The van der Waals surface area contributed by atoms with Gasteiger partial charge in [-0.3, -0.25) is 24.6 Å². The molecule has 1 saturated carbocycles. The van der Waals surface area contributed by atoms with E-state index in [9.17, 15) is 19.7 Å². The normalized spacial score (nSPS) is 20.1. The maximum atomic E-state index is 12.6. The Hall–Kier alpha value is -2.64. The molecule has 1 aliphatic carbocycles. The first-order valence-corrected chi connectivity index (χ1v) is 8.55. The van der Waals surface area contributed by atoms with Crippen LogP contribution in [0.1, 0.15) is 39.0 Å². The van der Waals surface area contributed by atoms with E-state index in [2.05, 4.69) is 5.32 Å². The van der Waals surface area contributed by atoms with Gasteiger partial charge in [0.2, 0.25) is 5.91 Å². The first kappa shape index (κ1) is 17.2. The first-order valence-electron chi connectivity index (χ1n) is 8.55. The predicted molar refractivity (Wildman–Crippen MR) is 90.6 cm³/mol. The molecule has 1 heterocycles. The molecule has 1 aliphatic heterocycles. The Kier molecular flexibility index (Phi) is 4.87. The molecule has 2 amide bonds. The third kappa shape index (κ3) is 3.57. The standard InChI is InChI=1S/C17H21N3O5/c1-2-14-17(22)19(10-16(21)18-11-5-3-4-6-11)13-9-12(20(23)24)7-8-15(13)25-14/h7-9,11,14H,2-6,10H2,1H3,(H,18,21). The third-order valence-electron chi connectivity index (χ3n) is 4.65. The molecule has 0 saturated heterocycles. The van der Waals surface area contributed by atoms with E-state index in [4.69, 9.17) is 4.74 Å². The van der Waals surface area contributed by atoms with E-state index < -0.39 is 11.0 Å². The monoisotopic (exact) mass is 347 g/mol. The van der Waals surface area contributed by atoms with Crippen LogP contribution in [0.2, 0.25) is 0 Å². The number of rotatable bonds is 5. The van der Waals surface area contributed by atoms with Gasteiger partial charge in [0.05, 0.1) is 10.6 Å². The Bertz CT molecular complexity index is 700. The molecule has 8 heteroatoms. The van der Waals surface area contributed by atoms with Crippen molar-refractivity contribution in [3.8, 4) is 5.75 Å². The average Bonchev–Trinajstić information content (AvgIpc) is 3.09. The number of ether oxygens (including phenoxy) is 1. The van der Waals surface area contributed by atoms with Crippen molar-refractivity contribution in [3.63, 3.8) is 0 Å². The highest BCUT2D eigenvalue weighted by Gasteiger charge is 2.35. The summed E-state index contributed by atoms with van der Waals surface area (Å²) in [7, 11) is 0. The van der Waals surface area contributed by atoms with Crippen molar-refractivity contribution in [1.82, 2.24) is 5.32 Å². The molecule has 1 atom stereocenters. The van der Waals surface area contributed by atoms with Gasteiger partial charge in [-0.05, 0) is 25.3 Å². The summed E-state index contributed by atoms with van der Waals surface area (Å²) in [6, 6.07) is 4.24. The number of anilines is 1. The highest BCUT2D eigenvalue weighted by molar-refractivity contribution is 6.04. The fraction of sp³-hybridized carbons (Fsp3) is 0.529. The minimum absolute atomic E-state index is 0.147. The lowest BCUT2D eigenvalue weighted by Crippen LogP contribution is -2.50. The van der Waals surface area contributed by atoms with Crippen LogP contribution < -0.4 is 15.0 Å². The first-order chi connectivity index (χ1) is 12.0. The summed E-state index contributed by atoms with van der Waals surface area (Å²) >= 11 is 0. The summed E-state index contributed by atoms with van der Waals surface area (Å²) in [4.78, 5) is 36.8. The Labute approximate surface area is 145 Å². The number of fused-ring (bicyclic) bond motifs is 1. The zero-order valence-corrected chi connectivity index (χ0v) is 14.1. The lowest BCUT2D eigenvalue weighted by atomic mass is 10.1. The number of nitrogens with zero attached hydrogens (tertiary/aromatic N) is 2. The summed E-state index contributed by atoms with van der Waals surface area (Å²) in [6.45, 7) is 1.65. The molecule has 1 unspecified atom stereocenters. The van der Waals surface area contributed by atoms with Crippen molar-refractivity contribution < 1.29 is 19.2 Å².